The Morgan fingerprint density at radius 2 is 2.26 bits per heavy atom. The van der Waals surface area contributed by atoms with Crippen LogP contribution in [0.15, 0.2) is 33.9 Å². The molecule has 1 amide bonds. The van der Waals surface area contributed by atoms with Crippen LogP contribution in [0.2, 0.25) is 0 Å². The highest BCUT2D eigenvalue weighted by Gasteiger charge is 2.24. The maximum absolute atomic E-state index is 12.7. The first kappa shape index (κ1) is 16.0. The smallest absolute Gasteiger partial charge is 0.256 e. The van der Waals surface area contributed by atoms with Crippen LogP contribution < -0.4 is 5.73 Å². The van der Waals surface area contributed by atoms with E-state index in [2.05, 4.69) is 10.1 Å². The molecule has 2 N–H and O–H groups in total. The average Bonchev–Trinajstić information content (AvgIpc) is 2.99. The molecule has 7 heteroatoms. The van der Waals surface area contributed by atoms with Crippen LogP contribution in [0, 0.1) is 6.92 Å². The minimum absolute atomic E-state index is 0.0313. The fourth-order valence-electron chi connectivity index (χ4n) is 2.57. The number of rotatable bonds is 4. The van der Waals surface area contributed by atoms with E-state index in [1.807, 2.05) is 24.0 Å². The summed E-state index contributed by atoms with van der Waals surface area (Å²) in [4.78, 5) is 19.0. The molecule has 0 unspecified atom stereocenters. The van der Waals surface area contributed by atoms with Crippen molar-refractivity contribution in [1.29, 1.82) is 0 Å². The normalized spacial score (nSPS) is 15.8. The van der Waals surface area contributed by atoms with Gasteiger partial charge in [0.05, 0.1) is 11.3 Å². The Kier molecular flexibility index (Phi) is 4.97. The highest BCUT2D eigenvalue weighted by atomic mass is 32.2. The van der Waals surface area contributed by atoms with Gasteiger partial charge in [0, 0.05) is 37.1 Å². The van der Waals surface area contributed by atoms with Crippen molar-refractivity contribution in [3.8, 4) is 0 Å². The lowest BCUT2D eigenvalue weighted by molar-refractivity contribution is 0.0710. The third-order valence-electron chi connectivity index (χ3n) is 3.86. The lowest BCUT2D eigenvalue weighted by atomic mass is 10.1. The van der Waals surface area contributed by atoms with Crippen molar-refractivity contribution in [2.24, 2.45) is 5.73 Å². The second-order valence-electron chi connectivity index (χ2n) is 5.70. The standard InChI is InChI=1S/C16H20N4O2S/c1-11-9-13(19-22-11)10-23-15-14(3-2-6-18-15)16(21)20-7-4-12(17)5-8-20/h2-3,6,9,12H,4-5,7-8,10,17H2,1H3. The quantitative estimate of drug-likeness (QED) is 0.864. The van der Waals surface area contributed by atoms with Crippen LogP contribution in [0.1, 0.15) is 34.7 Å². The van der Waals surface area contributed by atoms with Crippen LogP contribution in [-0.4, -0.2) is 40.1 Å². The number of amides is 1. The summed E-state index contributed by atoms with van der Waals surface area (Å²) >= 11 is 1.50. The first-order valence-corrected chi connectivity index (χ1v) is 8.67. The first-order chi connectivity index (χ1) is 11.1. The molecule has 0 spiro atoms. The number of nitrogens with zero attached hydrogens (tertiary/aromatic N) is 3. The molecule has 0 radical (unpaired) electrons. The molecule has 0 atom stereocenters. The molecular formula is C16H20N4O2S. The number of thioether (sulfide) groups is 1. The summed E-state index contributed by atoms with van der Waals surface area (Å²) in [5.41, 5.74) is 7.40. The van der Waals surface area contributed by atoms with Gasteiger partial charge in [-0.15, -0.1) is 0 Å². The predicted molar refractivity (Wildman–Crippen MR) is 88.2 cm³/mol. The van der Waals surface area contributed by atoms with E-state index < -0.39 is 0 Å². The zero-order chi connectivity index (χ0) is 16.2. The van der Waals surface area contributed by atoms with Crippen molar-refractivity contribution in [3.63, 3.8) is 0 Å². The molecular weight excluding hydrogens is 312 g/mol. The van der Waals surface area contributed by atoms with Gasteiger partial charge in [0.1, 0.15) is 10.8 Å². The summed E-state index contributed by atoms with van der Waals surface area (Å²) in [5, 5.41) is 4.70. The first-order valence-electron chi connectivity index (χ1n) is 7.68. The zero-order valence-electron chi connectivity index (χ0n) is 13.1. The third kappa shape index (κ3) is 3.92. The average molecular weight is 332 g/mol. The maximum atomic E-state index is 12.7. The number of hydrogen-bond acceptors (Lipinski definition) is 6. The van der Waals surface area contributed by atoms with Crippen LogP contribution in [0.5, 0.6) is 0 Å². The molecule has 0 aromatic carbocycles. The van der Waals surface area contributed by atoms with Crippen molar-refractivity contribution in [1.82, 2.24) is 15.0 Å². The van der Waals surface area contributed by atoms with Gasteiger partial charge in [-0.2, -0.15) is 0 Å². The van der Waals surface area contributed by atoms with Crippen LogP contribution >= 0.6 is 11.8 Å². The van der Waals surface area contributed by atoms with E-state index >= 15 is 0 Å². The Bertz CT molecular complexity index is 680. The Labute approximate surface area is 139 Å². The van der Waals surface area contributed by atoms with E-state index in [9.17, 15) is 4.79 Å². The maximum Gasteiger partial charge on any atom is 0.256 e. The molecule has 0 saturated carbocycles. The summed E-state index contributed by atoms with van der Waals surface area (Å²) in [6.45, 7) is 3.28. The number of carbonyl (C=O) groups excluding carboxylic acids is 1. The molecule has 0 aliphatic carbocycles. The number of aromatic nitrogens is 2. The fraction of sp³-hybridized carbons (Fsp3) is 0.438. The van der Waals surface area contributed by atoms with Crippen molar-refractivity contribution >= 4 is 17.7 Å². The van der Waals surface area contributed by atoms with Gasteiger partial charge in [-0.05, 0) is 31.9 Å². The summed E-state index contributed by atoms with van der Waals surface area (Å²) < 4.78 is 5.07. The molecule has 3 heterocycles. The summed E-state index contributed by atoms with van der Waals surface area (Å²) in [5.74, 6) is 1.44. The zero-order valence-corrected chi connectivity index (χ0v) is 13.9. The van der Waals surface area contributed by atoms with E-state index in [0.29, 0.717) is 24.4 Å². The number of nitrogens with two attached hydrogens (primary N) is 1. The number of hydrogen-bond donors (Lipinski definition) is 1. The van der Waals surface area contributed by atoms with Gasteiger partial charge in [0.25, 0.3) is 5.91 Å². The van der Waals surface area contributed by atoms with Gasteiger partial charge in [-0.3, -0.25) is 4.79 Å². The minimum Gasteiger partial charge on any atom is -0.361 e. The fourth-order valence-corrected chi connectivity index (χ4v) is 3.44. The van der Waals surface area contributed by atoms with E-state index in [1.54, 1.807) is 12.3 Å². The van der Waals surface area contributed by atoms with Gasteiger partial charge in [-0.1, -0.05) is 16.9 Å². The van der Waals surface area contributed by atoms with Gasteiger partial charge in [-0.25, -0.2) is 4.98 Å². The molecule has 6 nitrogen and oxygen atoms in total. The van der Waals surface area contributed by atoms with E-state index in [-0.39, 0.29) is 11.9 Å². The number of piperidine rings is 1. The van der Waals surface area contributed by atoms with Crippen molar-refractivity contribution in [2.75, 3.05) is 13.1 Å². The third-order valence-corrected chi connectivity index (χ3v) is 4.90. The van der Waals surface area contributed by atoms with Crippen molar-refractivity contribution < 1.29 is 9.32 Å². The molecule has 23 heavy (non-hydrogen) atoms. The van der Waals surface area contributed by atoms with Gasteiger partial charge in [0.15, 0.2) is 0 Å². The second kappa shape index (κ2) is 7.14. The molecule has 1 aliphatic rings. The van der Waals surface area contributed by atoms with Crippen molar-refractivity contribution in [3.05, 3.63) is 41.4 Å². The number of pyridine rings is 1. The second-order valence-corrected chi connectivity index (χ2v) is 6.67. The molecule has 0 bridgehead atoms. The Hall–Kier alpha value is -1.86. The monoisotopic (exact) mass is 332 g/mol. The predicted octanol–water partition coefficient (Wildman–Crippen LogP) is 2.23. The number of likely N-dealkylation sites (tertiary alicyclic amines) is 1. The lowest BCUT2D eigenvalue weighted by Crippen LogP contribution is -2.43. The SMILES string of the molecule is Cc1cc(CSc2ncccc2C(=O)N2CCC(N)CC2)no1. The van der Waals surface area contributed by atoms with E-state index in [1.165, 1.54) is 11.8 Å². The van der Waals surface area contributed by atoms with Crippen LogP contribution in [0.25, 0.3) is 0 Å². The number of aryl methyl sites for hydroxylation is 1. The Balaban J connectivity index is 1.71. The summed E-state index contributed by atoms with van der Waals surface area (Å²) in [6, 6.07) is 5.73. The van der Waals surface area contributed by atoms with Gasteiger partial charge >= 0.3 is 0 Å². The molecule has 1 fully saturated rings. The van der Waals surface area contributed by atoms with Gasteiger partial charge in [0.2, 0.25) is 0 Å². The Morgan fingerprint density at radius 3 is 2.96 bits per heavy atom. The summed E-state index contributed by atoms with van der Waals surface area (Å²) in [6.07, 6.45) is 3.42. The van der Waals surface area contributed by atoms with E-state index in [0.717, 1.165) is 29.3 Å². The van der Waals surface area contributed by atoms with Gasteiger partial charge < -0.3 is 15.2 Å². The molecule has 2 aromatic heterocycles. The Morgan fingerprint density at radius 1 is 1.48 bits per heavy atom. The number of carbonyl (C=O) groups is 1. The van der Waals surface area contributed by atoms with Crippen LogP contribution in [-0.2, 0) is 5.75 Å². The highest BCUT2D eigenvalue weighted by molar-refractivity contribution is 7.98. The van der Waals surface area contributed by atoms with Crippen molar-refractivity contribution in [2.45, 2.75) is 36.6 Å². The largest absolute Gasteiger partial charge is 0.361 e. The summed E-state index contributed by atoms with van der Waals surface area (Å²) in [7, 11) is 0. The molecule has 122 valence electrons. The topological polar surface area (TPSA) is 85.2 Å². The highest BCUT2D eigenvalue weighted by Crippen LogP contribution is 2.25. The van der Waals surface area contributed by atoms with Crippen LogP contribution in [0.3, 0.4) is 0 Å². The molecule has 1 aliphatic heterocycles. The molecule has 1 saturated heterocycles. The minimum atomic E-state index is 0.0313. The molecule has 2 aromatic rings. The lowest BCUT2D eigenvalue weighted by Gasteiger charge is -2.30. The molecule has 3 rings (SSSR count). The van der Waals surface area contributed by atoms with E-state index in [4.69, 9.17) is 10.3 Å². The van der Waals surface area contributed by atoms with Crippen LogP contribution in [0.4, 0.5) is 0 Å².